The third kappa shape index (κ3) is 12.0. The molecule has 0 spiro atoms. The highest BCUT2D eigenvalue weighted by Gasteiger charge is 2.44. The van der Waals surface area contributed by atoms with Crippen molar-refractivity contribution in [3.05, 3.63) is 35.9 Å². The highest BCUT2D eigenvalue weighted by Crippen LogP contribution is 2.33. The Balaban J connectivity index is 2.27. The number of likely N-dealkylation sites (N-methyl/N-ethyl adjacent to an activating group) is 1. The molecule has 0 saturated carbocycles. The second-order valence-electron chi connectivity index (χ2n) is 17.1. The summed E-state index contributed by atoms with van der Waals surface area (Å²) in [5.41, 5.74) is 0.430. The van der Waals surface area contributed by atoms with Gasteiger partial charge in [-0.2, -0.15) is 0 Å². The molecule has 0 aromatic heterocycles. The quantitative estimate of drug-likeness (QED) is 0.168. The van der Waals surface area contributed by atoms with Crippen molar-refractivity contribution in [3.63, 3.8) is 0 Å². The molecule has 11 nitrogen and oxygen atoms in total. The molecule has 53 heavy (non-hydrogen) atoms. The van der Waals surface area contributed by atoms with Crippen LogP contribution < -0.4 is 10.6 Å². The smallest absolute Gasteiger partial charge is 0.245 e. The van der Waals surface area contributed by atoms with Crippen LogP contribution in [-0.4, -0.2) is 103 Å². The number of carbonyl (C=O) groups excluding carboxylic acids is 4. The Morgan fingerprint density at radius 3 is 2.02 bits per heavy atom. The molecule has 0 bridgehead atoms. The molecule has 1 heterocycles. The fraction of sp³-hybridized carbons (Fsp3) is 0.762. The Hall–Kier alpha value is -3.02. The first kappa shape index (κ1) is 46.1. The Bertz CT molecular complexity index is 1320. The fourth-order valence-electron chi connectivity index (χ4n) is 8.35. The molecule has 1 aromatic carbocycles. The van der Waals surface area contributed by atoms with Gasteiger partial charge in [-0.25, -0.2) is 0 Å². The molecule has 11 heteroatoms. The van der Waals surface area contributed by atoms with Crippen molar-refractivity contribution in [1.82, 2.24) is 20.4 Å². The zero-order valence-electron chi connectivity index (χ0n) is 35.1. The monoisotopic (exact) mass is 745 g/mol. The maximum atomic E-state index is 14.3. The molecule has 3 N–H and O–H groups in total. The number of carbonyl (C=O) groups is 4. The van der Waals surface area contributed by atoms with Crippen molar-refractivity contribution in [1.29, 1.82) is 0 Å². The van der Waals surface area contributed by atoms with Crippen LogP contribution >= 0.6 is 0 Å². The number of likely N-dealkylation sites (tertiary alicyclic amines) is 1. The van der Waals surface area contributed by atoms with Crippen molar-refractivity contribution >= 4 is 23.6 Å². The first-order chi connectivity index (χ1) is 24.7. The van der Waals surface area contributed by atoms with E-state index in [4.69, 9.17) is 9.47 Å². The van der Waals surface area contributed by atoms with Crippen LogP contribution in [0, 0.1) is 35.0 Å². The largest absolute Gasteiger partial charge is 0.386 e. The molecule has 2 rings (SSSR count). The van der Waals surface area contributed by atoms with E-state index >= 15 is 0 Å². The number of aliphatic hydroxyl groups is 1. The summed E-state index contributed by atoms with van der Waals surface area (Å²) in [5, 5.41) is 16.9. The Morgan fingerprint density at radius 1 is 0.925 bits per heavy atom. The number of hydrogen-bond donors (Lipinski definition) is 3. The molecule has 1 saturated heterocycles. The zero-order chi connectivity index (χ0) is 40.4. The number of benzene rings is 1. The van der Waals surface area contributed by atoms with Crippen molar-refractivity contribution in [2.45, 2.75) is 144 Å². The lowest BCUT2D eigenvalue weighted by Gasteiger charge is -2.41. The molecule has 1 aliphatic rings. The molecule has 0 radical (unpaired) electrons. The van der Waals surface area contributed by atoms with Gasteiger partial charge < -0.3 is 35.0 Å². The fourth-order valence-corrected chi connectivity index (χ4v) is 8.35. The van der Waals surface area contributed by atoms with Crippen LogP contribution in [-0.2, 0) is 28.7 Å². The maximum Gasteiger partial charge on any atom is 0.245 e. The number of amides is 4. The van der Waals surface area contributed by atoms with Gasteiger partial charge in [-0.15, -0.1) is 0 Å². The first-order valence-corrected chi connectivity index (χ1v) is 19.7. The number of rotatable bonds is 19. The average molecular weight is 745 g/mol. The topological polar surface area (TPSA) is 138 Å². The second kappa shape index (κ2) is 20.6. The molecule has 1 fully saturated rings. The van der Waals surface area contributed by atoms with Gasteiger partial charge in [-0.1, -0.05) is 106 Å². The van der Waals surface area contributed by atoms with Crippen LogP contribution in [0.25, 0.3) is 0 Å². The lowest BCUT2D eigenvalue weighted by atomic mass is 9.73. The Morgan fingerprint density at radius 2 is 1.53 bits per heavy atom. The summed E-state index contributed by atoms with van der Waals surface area (Å²) in [4.78, 5) is 59.1. The summed E-state index contributed by atoms with van der Waals surface area (Å²) in [6.45, 7) is 22.2. The summed E-state index contributed by atoms with van der Waals surface area (Å²) in [7, 11) is 4.88. The summed E-state index contributed by atoms with van der Waals surface area (Å²) in [6.07, 6.45) is 0.162. The van der Waals surface area contributed by atoms with E-state index in [0.717, 1.165) is 12.8 Å². The molecular formula is C42H72N4O7. The van der Waals surface area contributed by atoms with E-state index in [9.17, 15) is 24.3 Å². The van der Waals surface area contributed by atoms with Gasteiger partial charge in [0.2, 0.25) is 23.6 Å². The minimum atomic E-state index is -0.875. The van der Waals surface area contributed by atoms with Gasteiger partial charge in [0.05, 0.1) is 48.8 Å². The first-order valence-electron chi connectivity index (χ1n) is 19.7. The van der Waals surface area contributed by atoms with Gasteiger partial charge in [-0.05, 0) is 48.5 Å². The van der Waals surface area contributed by atoms with Crippen LogP contribution in [0.5, 0.6) is 0 Å². The lowest BCUT2D eigenvalue weighted by molar-refractivity contribution is -0.148. The Labute approximate surface area is 320 Å². The maximum absolute atomic E-state index is 14.3. The van der Waals surface area contributed by atoms with Crippen molar-refractivity contribution in [2.75, 3.05) is 27.8 Å². The van der Waals surface area contributed by atoms with E-state index < -0.39 is 42.4 Å². The van der Waals surface area contributed by atoms with E-state index in [1.807, 2.05) is 78.8 Å². The van der Waals surface area contributed by atoms with Crippen molar-refractivity contribution in [2.24, 2.45) is 35.0 Å². The molecule has 0 aliphatic carbocycles. The van der Waals surface area contributed by atoms with E-state index in [2.05, 4.69) is 24.5 Å². The second-order valence-corrected chi connectivity index (χ2v) is 17.1. The third-order valence-corrected chi connectivity index (χ3v) is 11.4. The van der Waals surface area contributed by atoms with Crippen LogP contribution in [0.2, 0.25) is 0 Å². The number of nitrogens with zero attached hydrogens (tertiary/aromatic N) is 2. The Kier molecular flexibility index (Phi) is 17.9. The number of ether oxygens (including phenoxy) is 2. The number of hydrogen-bond acceptors (Lipinski definition) is 7. The van der Waals surface area contributed by atoms with Gasteiger partial charge in [0, 0.05) is 33.7 Å². The van der Waals surface area contributed by atoms with E-state index in [1.165, 1.54) is 0 Å². The molecule has 1 aliphatic heterocycles. The molecule has 1 aromatic rings. The predicted molar refractivity (Wildman–Crippen MR) is 210 cm³/mol. The van der Waals surface area contributed by atoms with Crippen LogP contribution in [0.4, 0.5) is 0 Å². The zero-order valence-corrected chi connectivity index (χ0v) is 35.1. The van der Waals surface area contributed by atoms with E-state index in [1.54, 1.807) is 44.9 Å². The van der Waals surface area contributed by atoms with Crippen LogP contribution in [0.3, 0.4) is 0 Å². The SMILES string of the molecule is CC[C@H](C)C(C(CC(=O)N1CCC[C@H]1[C@H](OC)[C@@H](C)C(=O)N[C@H](C)C(O)c1ccccc1)OC)N(C)C(=O)[C@@H](NC(=O)[C@H](C(C)C)C(C)(C)C)C(C)C. The molecule has 302 valence electrons. The molecular weight excluding hydrogens is 672 g/mol. The highest BCUT2D eigenvalue weighted by molar-refractivity contribution is 5.89. The van der Waals surface area contributed by atoms with Crippen molar-refractivity contribution in [3.8, 4) is 0 Å². The number of aliphatic hydroxyl groups excluding tert-OH is 1. The van der Waals surface area contributed by atoms with Gasteiger partial charge >= 0.3 is 0 Å². The van der Waals surface area contributed by atoms with E-state index in [-0.39, 0.29) is 65.2 Å². The van der Waals surface area contributed by atoms with Crippen molar-refractivity contribution < 1.29 is 33.8 Å². The highest BCUT2D eigenvalue weighted by atomic mass is 16.5. The van der Waals surface area contributed by atoms with Crippen LogP contribution in [0.15, 0.2) is 30.3 Å². The normalized spacial score (nSPS) is 20.2. The molecule has 10 atom stereocenters. The standard InChI is InChI=1S/C42H72N4O7/c1-15-27(6)36(45(12)41(51)35(26(4)5)44-40(50)34(25(2)3)42(9,10)11)32(52-13)24-33(47)46-23-19-22-31(46)38(53-14)28(7)39(49)43-29(8)37(48)30-20-17-16-18-21-30/h16-18,20-21,25-29,31-32,34-38,48H,15,19,22-24H2,1-14H3,(H,43,49)(H,44,50)/t27-,28+,29+,31-,32?,34-,35-,36?,37?,38+/m0/s1. The van der Waals surface area contributed by atoms with Gasteiger partial charge in [-0.3, -0.25) is 19.2 Å². The summed E-state index contributed by atoms with van der Waals surface area (Å²) < 4.78 is 12.0. The lowest BCUT2D eigenvalue weighted by Crippen LogP contribution is -2.59. The van der Waals surface area contributed by atoms with Gasteiger partial charge in [0.1, 0.15) is 6.04 Å². The minimum Gasteiger partial charge on any atom is -0.386 e. The summed E-state index contributed by atoms with van der Waals surface area (Å²) in [6, 6.07) is 7.14. The summed E-state index contributed by atoms with van der Waals surface area (Å²) in [5.74, 6) is -1.71. The average Bonchev–Trinajstić information content (AvgIpc) is 3.58. The number of nitrogens with one attached hydrogen (secondary N) is 2. The third-order valence-electron chi connectivity index (χ3n) is 11.4. The number of methoxy groups -OCH3 is 2. The van der Waals surface area contributed by atoms with E-state index in [0.29, 0.717) is 18.5 Å². The molecule has 4 amide bonds. The van der Waals surface area contributed by atoms with Gasteiger partial charge in [0.25, 0.3) is 0 Å². The van der Waals surface area contributed by atoms with Crippen LogP contribution in [0.1, 0.15) is 114 Å². The predicted octanol–water partition coefficient (Wildman–Crippen LogP) is 5.60. The molecule has 3 unspecified atom stereocenters. The summed E-state index contributed by atoms with van der Waals surface area (Å²) >= 11 is 0. The van der Waals surface area contributed by atoms with Gasteiger partial charge in [0.15, 0.2) is 0 Å². The minimum absolute atomic E-state index is 0.0127.